The summed E-state index contributed by atoms with van der Waals surface area (Å²) in [6.45, 7) is 0.816. The lowest BCUT2D eigenvalue weighted by molar-refractivity contribution is 0.1000. The average molecular weight is 289 g/mol. The molecule has 5 nitrogen and oxygen atoms in total. The number of hydrogen-bond acceptors (Lipinski definition) is 4. The summed E-state index contributed by atoms with van der Waals surface area (Å²) in [5.74, 6) is -0.407. The molecule has 0 fully saturated rings. The highest BCUT2D eigenvalue weighted by atomic mass is 19.1. The molecule has 21 heavy (non-hydrogen) atoms. The van der Waals surface area contributed by atoms with Crippen molar-refractivity contribution in [1.82, 2.24) is 10.3 Å². The standard InChI is InChI=1S/C15H16FN3O2/c1-21-14-5-2-10(8-19-14)7-18-9-12-6-11(15(17)20)3-4-13(12)16/h2-6,8,18H,7,9H2,1H3,(H2,17,20). The molecule has 1 aromatic carbocycles. The zero-order chi connectivity index (χ0) is 15.2. The fourth-order valence-electron chi connectivity index (χ4n) is 1.84. The molecule has 0 bridgehead atoms. The van der Waals surface area contributed by atoms with Crippen LogP contribution >= 0.6 is 0 Å². The van der Waals surface area contributed by atoms with Crippen molar-refractivity contribution in [1.29, 1.82) is 0 Å². The molecule has 0 unspecified atom stereocenters. The van der Waals surface area contributed by atoms with E-state index in [4.69, 9.17) is 10.5 Å². The molecular formula is C15H16FN3O2. The van der Waals surface area contributed by atoms with Gasteiger partial charge in [-0.15, -0.1) is 0 Å². The van der Waals surface area contributed by atoms with Crippen molar-refractivity contribution < 1.29 is 13.9 Å². The number of amides is 1. The number of benzene rings is 1. The molecule has 0 aliphatic heterocycles. The molecule has 1 aromatic heterocycles. The van der Waals surface area contributed by atoms with E-state index in [1.807, 2.05) is 6.07 Å². The van der Waals surface area contributed by atoms with Crippen molar-refractivity contribution >= 4 is 5.91 Å². The summed E-state index contributed by atoms with van der Waals surface area (Å²) in [6, 6.07) is 7.69. The maximum atomic E-state index is 13.6. The highest BCUT2D eigenvalue weighted by molar-refractivity contribution is 5.92. The largest absolute Gasteiger partial charge is 0.481 e. The Morgan fingerprint density at radius 2 is 2.14 bits per heavy atom. The van der Waals surface area contributed by atoms with Crippen LogP contribution in [0.5, 0.6) is 5.88 Å². The number of halogens is 1. The summed E-state index contributed by atoms with van der Waals surface area (Å²) in [7, 11) is 1.55. The summed E-state index contributed by atoms with van der Waals surface area (Å²) < 4.78 is 18.6. The fraction of sp³-hybridized carbons (Fsp3) is 0.200. The van der Waals surface area contributed by atoms with Gasteiger partial charge in [0.2, 0.25) is 11.8 Å². The number of methoxy groups -OCH3 is 1. The van der Waals surface area contributed by atoms with Gasteiger partial charge < -0.3 is 15.8 Å². The Morgan fingerprint density at radius 3 is 2.76 bits per heavy atom. The normalized spacial score (nSPS) is 10.4. The third kappa shape index (κ3) is 4.00. The number of hydrogen-bond donors (Lipinski definition) is 2. The molecule has 0 aliphatic rings. The van der Waals surface area contributed by atoms with Crippen LogP contribution in [0.15, 0.2) is 36.5 Å². The topological polar surface area (TPSA) is 77.2 Å². The van der Waals surface area contributed by atoms with Gasteiger partial charge in [0.05, 0.1) is 7.11 Å². The molecule has 6 heteroatoms. The number of pyridine rings is 1. The molecule has 1 heterocycles. The van der Waals surface area contributed by atoms with Crippen LogP contribution in [-0.4, -0.2) is 18.0 Å². The van der Waals surface area contributed by atoms with Crippen LogP contribution in [-0.2, 0) is 13.1 Å². The maximum absolute atomic E-state index is 13.6. The minimum atomic E-state index is -0.574. The smallest absolute Gasteiger partial charge is 0.248 e. The Morgan fingerprint density at radius 1 is 1.33 bits per heavy atom. The zero-order valence-corrected chi connectivity index (χ0v) is 11.6. The van der Waals surface area contributed by atoms with Crippen LogP contribution in [0, 0.1) is 5.82 Å². The summed E-state index contributed by atoms with van der Waals surface area (Å²) in [5, 5.41) is 3.09. The van der Waals surface area contributed by atoms with Gasteiger partial charge in [0.15, 0.2) is 0 Å². The van der Waals surface area contributed by atoms with Crippen LogP contribution in [0.1, 0.15) is 21.5 Å². The summed E-state index contributed by atoms with van der Waals surface area (Å²) in [4.78, 5) is 15.2. The molecule has 0 saturated carbocycles. The predicted octanol–water partition coefficient (Wildman–Crippen LogP) is 1.62. The third-order valence-corrected chi connectivity index (χ3v) is 2.98. The first kappa shape index (κ1) is 14.9. The van der Waals surface area contributed by atoms with Gasteiger partial charge in [-0.1, -0.05) is 6.07 Å². The van der Waals surface area contributed by atoms with E-state index < -0.39 is 5.91 Å². The van der Waals surface area contributed by atoms with E-state index in [0.29, 0.717) is 30.1 Å². The minimum absolute atomic E-state index is 0.291. The van der Waals surface area contributed by atoms with Gasteiger partial charge >= 0.3 is 0 Å². The SMILES string of the molecule is COc1ccc(CNCc2cc(C(N)=O)ccc2F)cn1. The average Bonchev–Trinajstić information content (AvgIpc) is 2.49. The second-order valence-corrected chi connectivity index (χ2v) is 4.48. The van der Waals surface area contributed by atoms with Gasteiger partial charge in [-0.05, 0) is 23.8 Å². The van der Waals surface area contributed by atoms with Crippen molar-refractivity contribution in [3.63, 3.8) is 0 Å². The number of rotatable bonds is 6. The number of carbonyl (C=O) groups excluding carboxylic acids is 1. The monoisotopic (exact) mass is 289 g/mol. The van der Waals surface area contributed by atoms with Crippen molar-refractivity contribution in [2.24, 2.45) is 5.73 Å². The first-order valence-electron chi connectivity index (χ1n) is 6.38. The zero-order valence-electron chi connectivity index (χ0n) is 11.6. The number of nitrogens with zero attached hydrogens (tertiary/aromatic N) is 1. The van der Waals surface area contributed by atoms with Gasteiger partial charge in [-0.25, -0.2) is 9.37 Å². The summed E-state index contributed by atoms with van der Waals surface area (Å²) >= 11 is 0. The lowest BCUT2D eigenvalue weighted by Crippen LogP contribution is -2.16. The first-order valence-corrected chi connectivity index (χ1v) is 6.38. The molecule has 3 N–H and O–H groups in total. The lowest BCUT2D eigenvalue weighted by Gasteiger charge is -2.08. The third-order valence-electron chi connectivity index (χ3n) is 2.98. The summed E-state index contributed by atoms with van der Waals surface area (Å²) in [6.07, 6.45) is 1.68. The van der Waals surface area contributed by atoms with Crippen molar-refractivity contribution in [3.05, 3.63) is 59.0 Å². The summed E-state index contributed by atoms with van der Waals surface area (Å²) in [5.41, 5.74) is 6.81. The van der Waals surface area contributed by atoms with Gasteiger partial charge in [0.25, 0.3) is 0 Å². The van der Waals surface area contributed by atoms with Gasteiger partial charge in [-0.3, -0.25) is 4.79 Å². The number of nitrogens with one attached hydrogen (secondary N) is 1. The number of nitrogens with two attached hydrogens (primary N) is 1. The first-order chi connectivity index (χ1) is 10.1. The maximum Gasteiger partial charge on any atom is 0.248 e. The van der Waals surface area contributed by atoms with E-state index in [0.717, 1.165) is 5.56 Å². The quantitative estimate of drug-likeness (QED) is 0.847. The van der Waals surface area contributed by atoms with Gasteiger partial charge in [0, 0.05) is 36.5 Å². The molecule has 0 atom stereocenters. The molecule has 0 radical (unpaired) electrons. The Labute approximate surface area is 121 Å². The van der Waals surface area contributed by atoms with Crippen LogP contribution < -0.4 is 15.8 Å². The number of ether oxygens (including phenoxy) is 1. The molecule has 2 rings (SSSR count). The fourth-order valence-corrected chi connectivity index (χ4v) is 1.84. The van der Waals surface area contributed by atoms with Crippen LogP contribution in [0.3, 0.4) is 0 Å². The molecule has 0 spiro atoms. The van der Waals surface area contributed by atoms with Crippen LogP contribution in [0.2, 0.25) is 0 Å². The molecule has 0 saturated heterocycles. The van der Waals surface area contributed by atoms with E-state index in [1.54, 1.807) is 19.4 Å². The number of primary amides is 1. The molecular weight excluding hydrogens is 273 g/mol. The molecule has 2 aromatic rings. The van der Waals surface area contributed by atoms with E-state index >= 15 is 0 Å². The predicted molar refractivity (Wildman–Crippen MR) is 76.3 cm³/mol. The van der Waals surface area contributed by atoms with E-state index in [9.17, 15) is 9.18 Å². The van der Waals surface area contributed by atoms with E-state index in [1.165, 1.54) is 18.2 Å². The number of carbonyl (C=O) groups is 1. The Kier molecular flexibility index (Phi) is 4.84. The molecule has 110 valence electrons. The number of aromatic nitrogens is 1. The van der Waals surface area contributed by atoms with E-state index in [-0.39, 0.29) is 5.82 Å². The van der Waals surface area contributed by atoms with E-state index in [2.05, 4.69) is 10.3 Å². The van der Waals surface area contributed by atoms with Gasteiger partial charge in [-0.2, -0.15) is 0 Å². The van der Waals surface area contributed by atoms with Crippen LogP contribution in [0.4, 0.5) is 4.39 Å². The Hall–Kier alpha value is -2.47. The molecule has 0 aliphatic carbocycles. The minimum Gasteiger partial charge on any atom is -0.481 e. The van der Waals surface area contributed by atoms with Crippen molar-refractivity contribution in [3.8, 4) is 5.88 Å². The molecule has 1 amide bonds. The lowest BCUT2D eigenvalue weighted by atomic mass is 10.1. The van der Waals surface area contributed by atoms with Crippen molar-refractivity contribution in [2.45, 2.75) is 13.1 Å². The Balaban J connectivity index is 1.96. The Bertz CT molecular complexity index is 629. The van der Waals surface area contributed by atoms with Crippen molar-refractivity contribution in [2.75, 3.05) is 7.11 Å². The highest BCUT2D eigenvalue weighted by Gasteiger charge is 2.07. The second-order valence-electron chi connectivity index (χ2n) is 4.48. The van der Waals surface area contributed by atoms with Crippen LogP contribution in [0.25, 0.3) is 0 Å². The second kappa shape index (κ2) is 6.81. The van der Waals surface area contributed by atoms with Gasteiger partial charge in [0.1, 0.15) is 5.82 Å². The highest BCUT2D eigenvalue weighted by Crippen LogP contribution is 2.11.